The molecule has 0 bridgehead atoms. The number of nitrogens with zero attached hydrogens (tertiary/aromatic N) is 2. The Kier molecular flexibility index (Phi) is 4.45. The molecule has 0 spiro atoms. The van der Waals surface area contributed by atoms with Gasteiger partial charge in [-0.15, -0.1) is 0 Å². The van der Waals surface area contributed by atoms with Gasteiger partial charge < -0.3 is 4.57 Å². The third-order valence-electron chi connectivity index (χ3n) is 3.44. The first-order valence-corrected chi connectivity index (χ1v) is 8.54. The van der Waals surface area contributed by atoms with Crippen LogP contribution in [0, 0.1) is 10.5 Å². The fourth-order valence-electron chi connectivity index (χ4n) is 2.29. The molecule has 0 amide bonds. The fourth-order valence-corrected chi connectivity index (χ4v) is 3.06. The van der Waals surface area contributed by atoms with Crippen molar-refractivity contribution < 1.29 is 0 Å². The highest BCUT2D eigenvalue weighted by Gasteiger charge is 2.11. The van der Waals surface area contributed by atoms with Crippen LogP contribution in [0.2, 0.25) is 0 Å². The van der Waals surface area contributed by atoms with Crippen molar-refractivity contribution in [3.05, 3.63) is 74.0 Å². The van der Waals surface area contributed by atoms with Crippen LogP contribution in [0.5, 0.6) is 0 Å². The van der Waals surface area contributed by atoms with Gasteiger partial charge in [-0.3, -0.25) is 0 Å². The summed E-state index contributed by atoms with van der Waals surface area (Å²) in [6, 6.07) is 16.8. The molecule has 3 rings (SSSR count). The molecule has 0 aliphatic rings. The van der Waals surface area contributed by atoms with Gasteiger partial charge in [-0.05, 0) is 53.3 Å². The minimum absolute atomic E-state index is 0.814. The van der Waals surface area contributed by atoms with Crippen molar-refractivity contribution in [1.29, 1.82) is 0 Å². The Labute approximate surface area is 146 Å². The molecule has 2 aromatic carbocycles. The maximum Gasteiger partial charge on any atom is 0.140 e. The summed E-state index contributed by atoms with van der Waals surface area (Å²) in [6.07, 6.45) is 1.93. The van der Waals surface area contributed by atoms with E-state index in [2.05, 4.69) is 97.5 Å². The van der Waals surface area contributed by atoms with Gasteiger partial charge in [-0.25, -0.2) is 4.98 Å². The van der Waals surface area contributed by atoms with E-state index in [9.17, 15) is 0 Å². The van der Waals surface area contributed by atoms with Crippen LogP contribution >= 0.6 is 38.5 Å². The summed E-state index contributed by atoms with van der Waals surface area (Å²) in [7, 11) is 0. The van der Waals surface area contributed by atoms with Crippen LogP contribution in [0.25, 0.3) is 11.4 Å². The van der Waals surface area contributed by atoms with E-state index < -0.39 is 0 Å². The van der Waals surface area contributed by atoms with Crippen molar-refractivity contribution >= 4 is 38.5 Å². The molecule has 0 N–H and O–H groups in total. The fraction of sp³-hybridized carbons (Fsp3) is 0.118. The maximum atomic E-state index is 4.59. The molecule has 0 fully saturated rings. The molecular weight excluding hydrogens is 439 g/mol. The third kappa shape index (κ3) is 3.21. The van der Waals surface area contributed by atoms with Gasteiger partial charge in [0.15, 0.2) is 0 Å². The topological polar surface area (TPSA) is 17.8 Å². The number of hydrogen-bond acceptors (Lipinski definition) is 1. The lowest BCUT2D eigenvalue weighted by molar-refractivity contribution is 0.776. The number of benzene rings is 2. The van der Waals surface area contributed by atoms with Crippen molar-refractivity contribution in [2.24, 2.45) is 0 Å². The lowest BCUT2D eigenvalue weighted by Crippen LogP contribution is -2.04. The Morgan fingerprint density at radius 2 is 1.81 bits per heavy atom. The van der Waals surface area contributed by atoms with Gasteiger partial charge >= 0.3 is 0 Å². The second-order valence-corrected chi connectivity index (χ2v) is 7.01. The summed E-state index contributed by atoms with van der Waals surface area (Å²) in [5, 5.41) is 0. The number of hydrogen-bond donors (Lipinski definition) is 0. The lowest BCUT2D eigenvalue weighted by Gasteiger charge is -2.12. The molecule has 0 saturated heterocycles. The van der Waals surface area contributed by atoms with Crippen molar-refractivity contribution in [3.8, 4) is 11.4 Å². The minimum atomic E-state index is 0.814. The molecule has 21 heavy (non-hydrogen) atoms. The summed E-state index contributed by atoms with van der Waals surface area (Å²) < 4.78 is 4.62. The number of imidazole rings is 1. The van der Waals surface area contributed by atoms with E-state index in [1.807, 2.05) is 12.3 Å². The quantitative estimate of drug-likeness (QED) is 0.494. The molecule has 106 valence electrons. The number of aromatic nitrogens is 2. The van der Waals surface area contributed by atoms with Gasteiger partial charge in [0.2, 0.25) is 0 Å². The molecule has 0 aliphatic carbocycles. The van der Waals surface area contributed by atoms with Crippen LogP contribution < -0.4 is 0 Å². The van der Waals surface area contributed by atoms with E-state index in [1.165, 1.54) is 14.8 Å². The largest absolute Gasteiger partial charge is 0.324 e. The molecule has 4 heteroatoms. The van der Waals surface area contributed by atoms with Crippen LogP contribution in [0.3, 0.4) is 0 Å². The molecule has 3 aromatic rings. The molecule has 0 atom stereocenters. The summed E-state index contributed by atoms with van der Waals surface area (Å²) in [5.74, 6) is 1.01. The summed E-state index contributed by atoms with van der Waals surface area (Å²) in [4.78, 5) is 4.59. The van der Waals surface area contributed by atoms with Crippen molar-refractivity contribution in [1.82, 2.24) is 9.55 Å². The average molecular weight is 453 g/mol. The van der Waals surface area contributed by atoms with E-state index in [0.29, 0.717) is 0 Å². The van der Waals surface area contributed by atoms with Gasteiger partial charge in [-0.2, -0.15) is 0 Å². The number of aryl methyl sites for hydroxylation is 1. The minimum Gasteiger partial charge on any atom is -0.324 e. The van der Waals surface area contributed by atoms with Gasteiger partial charge in [0.25, 0.3) is 0 Å². The SMILES string of the molecule is Cc1cnc(-c2ccc(I)cc2)n1Cc1ccccc1Br. The Bertz CT molecular complexity index is 763. The lowest BCUT2D eigenvalue weighted by atomic mass is 10.2. The Balaban J connectivity index is 2.01. The highest BCUT2D eigenvalue weighted by atomic mass is 127. The molecule has 1 heterocycles. The summed E-state index contributed by atoms with van der Waals surface area (Å²) >= 11 is 5.94. The van der Waals surface area contributed by atoms with E-state index in [1.54, 1.807) is 0 Å². The first-order valence-electron chi connectivity index (χ1n) is 6.66. The second-order valence-electron chi connectivity index (χ2n) is 4.91. The average Bonchev–Trinajstić information content (AvgIpc) is 2.84. The number of halogens is 2. The normalized spacial score (nSPS) is 10.8. The smallest absolute Gasteiger partial charge is 0.140 e. The summed E-state index contributed by atoms with van der Waals surface area (Å²) in [5.41, 5.74) is 3.57. The van der Waals surface area contributed by atoms with Crippen LogP contribution in [0.15, 0.2) is 59.2 Å². The first kappa shape index (κ1) is 14.8. The summed E-state index contributed by atoms with van der Waals surface area (Å²) in [6.45, 7) is 2.91. The molecule has 0 aliphatic heterocycles. The molecule has 1 aromatic heterocycles. The standard InChI is InChI=1S/C17H14BrIN2/c1-12-10-20-17(13-6-8-15(19)9-7-13)21(12)11-14-4-2-3-5-16(14)18/h2-10H,11H2,1H3. The van der Waals surface area contributed by atoms with Gasteiger partial charge in [0.05, 0.1) is 6.54 Å². The molecule has 0 unspecified atom stereocenters. The highest BCUT2D eigenvalue weighted by molar-refractivity contribution is 14.1. The zero-order valence-electron chi connectivity index (χ0n) is 11.6. The molecule has 2 nitrogen and oxygen atoms in total. The third-order valence-corrected chi connectivity index (χ3v) is 4.94. The Hall–Kier alpha value is -1.14. The van der Waals surface area contributed by atoms with E-state index in [-0.39, 0.29) is 0 Å². The van der Waals surface area contributed by atoms with E-state index >= 15 is 0 Å². The van der Waals surface area contributed by atoms with Gasteiger partial charge in [0.1, 0.15) is 5.82 Å². The molecular formula is C17H14BrIN2. The highest BCUT2D eigenvalue weighted by Crippen LogP contribution is 2.24. The van der Waals surface area contributed by atoms with Crippen molar-refractivity contribution in [2.45, 2.75) is 13.5 Å². The van der Waals surface area contributed by atoms with E-state index in [0.717, 1.165) is 22.4 Å². The van der Waals surface area contributed by atoms with Crippen LogP contribution in [-0.2, 0) is 6.54 Å². The van der Waals surface area contributed by atoms with Crippen molar-refractivity contribution in [2.75, 3.05) is 0 Å². The Morgan fingerprint density at radius 1 is 1.10 bits per heavy atom. The van der Waals surface area contributed by atoms with Crippen LogP contribution in [0.1, 0.15) is 11.3 Å². The zero-order valence-corrected chi connectivity index (χ0v) is 15.3. The van der Waals surface area contributed by atoms with Crippen LogP contribution in [0.4, 0.5) is 0 Å². The van der Waals surface area contributed by atoms with Crippen molar-refractivity contribution in [3.63, 3.8) is 0 Å². The molecule has 0 radical (unpaired) electrons. The van der Waals surface area contributed by atoms with Gasteiger partial charge in [0, 0.05) is 25.5 Å². The zero-order chi connectivity index (χ0) is 14.8. The predicted molar refractivity (Wildman–Crippen MR) is 98.4 cm³/mol. The van der Waals surface area contributed by atoms with Crippen LogP contribution in [-0.4, -0.2) is 9.55 Å². The predicted octanol–water partition coefficient (Wildman–Crippen LogP) is 5.27. The molecule has 0 saturated carbocycles. The maximum absolute atomic E-state index is 4.59. The Morgan fingerprint density at radius 3 is 2.52 bits per heavy atom. The first-order chi connectivity index (χ1) is 10.1. The van der Waals surface area contributed by atoms with E-state index in [4.69, 9.17) is 0 Å². The monoisotopic (exact) mass is 452 g/mol. The second kappa shape index (κ2) is 6.32. The number of rotatable bonds is 3. The van der Waals surface area contributed by atoms with Gasteiger partial charge in [-0.1, -0.05) is 46.3 Å².